The summed E-state index contributed by atoms with van der Waals surface area (Å²) in [4.78, 5) is 4.58. The molecule has 0 radical (unpaired) electrons. The largest absolute Gasteiger partial charge is 0.326 e. The highest BCUT2D eigenvalue weighted by atomic mass is 32.2. The maximum Gasteiger partial charge on any atom is 0.151 e. The van der Waals surface area contributed by atoms with Gasteiger partial charge in [-0.25, -0.2) is 9.37 Å². The smallest absolute Gasteiger partial charge is 0.151 e. The first-order valence-electron chi connectivity index (χ1n) is 6.22. The molecule has 5 heteroatoms. The maximum absolute atomic E-state index is 13.2. The minimum Gasteiger partial charge on any atom is -0.326 e. The molecule has 2 nitrogen and oxygen atoms in total. The van der Waals surface area contributed by atoms with Crippen LogP contribution in [0.5, 0.6) is 0 Å². The number of aromatic nitrogens is 1. The van der Waals surface area contributed by atoms with E-state index in [1.807, 2.05) is 18.2 Å². The van der Waals surface area contributed by atoms with E-state index < -0.39 is 0 Å². The van der Waals surface area contributed by atoms with Gasteiger partial charge in [0.1, 0.15) is 5.82 Å². The minimum absolute atomic E-state index is 0.237. The van der Waals surface area contributed by atoms with Crippen LogP contribution < -0.4 is 5.73 Å². The first-order valence-corrected chi connectivity index (χ1v) is 8.02. The van der Waals surface area contributed by atoms with Crippen LogP contribution >= 0.6 is 23.1 Å². The van der Waals surface area contributed by atoms with Crippen molar-refractivity contribution in [1.29, 1.82) is 0 Å². The fourth-order valence-electron chi connectivity index (χ4n) is 1.98. The zero-order valence-electron chi connectivity index (χ0n) is 10.7. The van der Waals surface area contributed by atoms with Gasteiger partial charge in [0, 0.05) is 12.3 Å². The van der Waals surface area contributed by atoms with Crippen LogP contribution in [0.15, 0.2) is 46.8 Å². The van der Waals surface area contributed by atoms with Gasteiger partial charge in [-0.1, -0.05) is 30.0 Å². The highest BCUT2D eigenvalue weighted by Crippen LogP contribution is 2.32. The number of thioether (sulfide) groups is 1. The van der Waals surface area contributed by atoms with E-state index in [2.05, 4.69) is 11.1 Å². The van der Waals surface area contributed by atoms with Crippen molar-refractivity contribution in [2.24, 2.45) is 5.73 Å². The lowest BCUT2D eigenvalue weighted by Crippen LogP contribution is -2.01. The standard InChI is InChI=1S/C15H13FN2S2/c16-12-6-5-10(11(7-12)8-17)9-19-15-18-13-3-1-2-4-14(13)20-15/h1-7H,8-9,17H2. The van der Waals surface area contributed by atoms with E-state index in [4.69, 9.17) is 5.73 Å². The Labute approximate surface area is 124 Å². The van der Waals surface area contributed by atoms with Crippen LogP contribution in [0.1, 0.15) is 11.1 Å². The number of rotatable bonds is 4. The fourth-order valence-corrected chi connectivity index (χ4v) is 4.08. The summed E-state index contributed by atoms with van der Waals surface area (Å²) in [5.41, 5.74) is 8.61. The predicted molar refractivity (Wildman–Crippen MR) is 83.5 cm³/mol. The highest BCUT2D eigenvalue weighted by Gasteiger charge is 2.07. The zero-order chi connectivity index (χ0) is 13.9. The highest BCUT2D eigenvalue weighted by molar-refractivity contribution is 8.00. The molecule has 102 valence electrons. The molecule has 2 N–H and O–H groups in total. The average Bonchev–Trinajstić information content (AvgIpc) is 2.88. The van der Waals surface area contributed by atoms with Gasteiger partial charge < -0.3 is 5.73 Å². The lowest BCUT2D eigenvalue weighted by Gasteiger charge is -2.06. The van der Waals surface area contributed by atoms with Gasteiger partial charge in [-0.05, 0) is 35.4 Å². The van der Waals surface area contributed by atoms with E-state index in [1.165, 1.54) is 16.8 Å². The Morgan fingerprint density at radius 2 is 2.00 bits per heavy atom. The van der Waals surface area contributed by atoms with Gasteiger partial charge in [-0.3, -0.25) is 0 Å². The summed E-state index contributed by atoms with van der Waals surface area (Å²) < 4.78 is 15.4. The van der Waals surface area contributed by atoms with Crippen molar-refractivity contribution in [2.45, 2.75) is 16.6 Å². The van der Waals surface area contributed by atoms with Gasteiger partial charge in [0.05, 0.1) is 10.2 Å². The first-order chi connectivity index (χ1) is 9.76. The van der Waals surface area contributed by atoms with Crippen molar-refractivity contribution in [1.82, 2.24) is 4.98 Å². The number of benzene rings is 2. The molecule has 0 bridgehead atoms. The van der Waals surface area contributed by atoms with Gasteiger partial charge in [0.2, 0.25) is 0 Å². The van der Waals surface area contributed by atoms with Gasteiger partial charge in [0.25, 0.3) is 0 Å². The Hall–Kier alpha value is -1.43. The molecule has 0 saturated carbocycles. The molecule has 1 aromatic heterocycles. The number of nitrogens with zero attached hydrogens (tertiary/aromatic N) is 1. The minimum atomic E-state index is -0.237. The van der Waals surface area contributed by atoms with E-state index in [1.54, 1.807) is 29.2 Å². The molecule has 20 heavy (non-hydrogen) atoms. The van der Waals surface area contributed by atoms with Crippen molar-refractivity contribution in [2.75, 3.05) is 0 Å². The zero-order valence-corrected chi connectivity index (χ0v) is 12.3. The van der Waals surface area contributed by atoms with Crippen molar-refractivity contribution < 1.29 is 4.39 Å². The second-order valence-corrected chi connectivity index (χ2v) is 6.61. The maximum atomic E-state index is 13.2. The van der Waals surface area contributed by atoms with Gasteiger partial charge in [0.15, 0.2) is 4.34 Å². The van der Waals surface area contributed by atoms with Crippen molar-refractivity contribution >= 4 is 33.3 Å². The topological polar surface area (TPSA) is 38.9 Å². The second-order valence-electron chi connectivity index (χ2n) is 4.35. The summed E-state index contributed by atoms with van der Waals surface area (Å²) in [5, 5.41) is 0. The van der Waals surface area contributed by atoms with E-state index in [0.29, 0.717) is 6.54 Å². The number of halogens is 1. The molecule has 0 unspecified atom stereocenters. The Kier molecular flexibility index (Phi) is 4.00. The van der Waals surface area contributed by atoms with Crippen molar-refractivity contribution in [3.8, 4) is 0 Å². The van der Waals surface area contributed by atoms with E-state index >= 15 is 0 Å². The Morgan fingerprint density at radius 1 is 1.15 bits per heavy atom. The third kappa shape index (κ3) is 2.85. The molecule has 0 aliphatic heterocycles. The number of thiazole rings is 1. The number of fused-ring (bicyclic) bond motifs is 1. The monoisotopic (exact) mass is 304 g/mol. The summed E-state index contributed by atoms with van der Waals surface area (Å²) in [6.45, 7) is 0.355. The average molecular weight is 304 g/mol. The molecular weight excluding hydrogens is 291 g/mol. The summed E-state index contributed by atoms with van der Waals surface area (Å²) in [6, 6.07) is 12.9. The number of hydrogen-bond acceptors (Lipinski definition) is 4. The number of nitrogens with two attached hydrogens (primary N) is 1. The first kappa shape index (κ1) is 13.5. The van der Waals surface area contributed by atoms with Crippen LogP contribution in [0, 0.1) is 5.82 Å². The second kappa shape index (κ2) is 5.91. The van der Waals surface area contributed by atoms with Crippen LogP contribution in [-0.4, -0.2) is 4.98 Å². The summed E-state index contributed by atoms with van der Waals surface area (Å²) >= 11 is 3.34. The van der Waals surface area contributed by atoms with Gasteiger partial charge in [-0.2, -0.15) is 0 Å². The molecule has 0 amide bonds. The SMILES string of the molecule is NCc1cc(F)ccc1CSc1nc2ccccc2s1. The summed E-state index contributed by atoms with van der Waals surface area (Å²) in [6.07, 6.45) is 0. The normalized spacial score (nSPS) is 11.1. The third-order valence-electron chi connectivity index (χ3n) is 3.01. The van der Waals surface area contributed by atoms with Crippen molar-refractivity contribution in [3.63, 3.8) is 0 Å². The lowest BCUT2D eigenvalue weighted by molar-refractivity contribution is 0.624. The molecule has 0 aliphatic carbocycles. The van der Waals surface area contributed by atoms with Crippen LogP contribution in [-0.2, 0) is 12.3 Å². The molecule has 2 aromatic carbocycles. The predicted octanol–water partition coefficient (Wildman–Crippen LogP) is 4.19. The van der Waals surface area contributed by atoms with Crippen LogP contribution in [0.2, 0.25) is 0 Å². The summed E-state index contributed by atoms with van der Waals surface area (Å²) in [5.74, 6) is 0.520. The molecule has 3 aromatic rings. The number of hydrogen-bond donors (Lipinski definition) is 1. The van der Waals surface area contributed by atoms with E-state index in [-0.39, 0.29) is 5.82 Å². The van der Waals surface area contributed by atoms with Crippen LogP contribution in [0.4, 0.5) is 4.39 Å². The quantitative estimate of drug-likeness (QED) is 0.735. The molecular formula is C15H13FN2S2. The van der Waals surface area contributed by atoms with E-state index in [9.17, 15) is 4.39 Å². The molecule has 0 spiro atoms. The third-order valence-corrected chi connectivity index (χ3v) is 5.24. The van der Waals surface area contributed by atoms with Gasteiger partial charge in [-0.15, -0.1) is 11.3 Å². The van der Waals surface area contributed by atoms with Crippen molar-refractivity contribution in [3.05, 3.63) is 59.4 Å². The Bertz CT molecular complexity index is 707. The lowest BCUT2D eigenvalue weighted by atomic mass is 10.1. The number of para-hydroxylation sites is 1. The summed E-state index contributed by atoms with van der Waals surface area (Å²) in [7, 11) is 0. The Morgan fingerprint density at radius 3 is 2.80 bits per heavy atom. The molecule has 3 rings (SSSR count). The van der Waals surface area contributed by atoms with Gasteiger partial charge >= 0.3 is 0 Å². The molecule has 0 fully saturated rings. The molecule has 1 heterocycles. The fraction of sp³-hybridized carbons (Fsp3) is 0.133. The van der Waals surface area contributed by atoms with Crippen LogP contribution in [0.3, 0.4) is 0 Å². The Balaban J connectivity index is 1.79. The van der Waals surface area contributed by atoms with Crippen LogP contribution in [0.25, 0.3) is 10.2 Å². The van der Waals surface area contributed by atoms with E-state index in [0.717, 1.165) is 26.7 Å². The molecule has 0 saturated heterocycles. The molecule has 0 atom stereocenters. The molecule has 0 aliphatic rings.